The van der Waals surface area contributed by atoms with Gasteiger partial charge in [0.25, 0.3) is 0 Å². The van der Waals surface area contributed by atoms with E-state index in [9.17, 15) is 8.42 Å². The van der Waals surface area contributed by atoms with Gasteiger partial charge in [-0.1, -0.05) is 22.9 Å². The van der Waals surface area contributed by atoms with Gasteiger partial charge in [-0.15, -0.1) is 0 Å². The number of hydrogen-bond acceptors (Lipinski definition) is 3. The number of ether oxygens (including phenoxy) is 1. The molecular weight excluding hydrogens is 270 g/mol. The van der Waals surface area contributed by atoms with Crippen LogP contribution in [0.5, 0.6) is 0 Å². The Kier molecular flexibility index (Phi) is 4.82. The normalized spacial score (nSPS) is 23.2. The van der Waals surface area contributed by atoms with Gasteiger partial charge in [-0.3, -0.25) is 0 Å². The zero-order valence-corrected chi connectivity index (χ0v) is 10.7. The first-order chi connectivity index (χ1) is 6.60. The van der Waals surface area contributed by atoms with Crippen LogP contribution in [0.3, 0.4) is 0 Å². The summed E-state index contributed by atoms with van der Waals surface area (Å²) in [5.41, 5.74) is 0. The SMILES string of the molecule is CCN(CC1CCOC1)S(=O)(=O)CBr. The molecule has 0 aromatic carbocycles. The molecule has 1 heterocycles. The van der Waals surface area contributed by atoms with Crippen molar-refractivity contribution >= 4 is 26.0 Å². The molecule has 0 aromatic heterocycles. The Balaban J connectivity index is 2.54. The van der Waals surface area contributed by atoms with Crippen molar-refractivity contribution in [3.8, 4) is 0 Å². The average molecular weight is 286 g/mol. The van der Waals surface area contributed by atoms with Crippen molar-refractivity contribution in [2.75, 3.05) is 31.0 Å². The molecular formula is C8H16BrNO3S. The fourth-order valence-electron chi connectivity index (χ4n) is 1.52. The van der Waals surface area contributed by atoms with E-state index in [1.807, 2.05) is 6.92 Å². The van der Waals surface area contributed by atoms with E-state index in [4.69, 9.17) is 4.74 Å². The van der Waals surface area contributed by atoms with Gasteiger partial charge in [-0.25, -0.2) is 12.7 Å². The van der Waals surface area contributed by atoms with Crippen LogP contribution in [0, 0.1) is 5.92 Å². The Morgan fingerprint density at radius 2 is 2.29 bits per heavy atom. The van der Waals surface area contributed by atoms with Gasteiger partial charge in [-0.05, 0) is 12.3 Å². The monoisotopic (exact) mass is 285 g/mol. The summed E-state index contributed by atoms with van der Waals surface area (Å²) in [4.78, 5) is 0. The lowest BCUT2D eigenvalue weighted by atomic mass is 10.1. The van der Waals surface area contributed by atoms with Crippen molar-refractivity contribution in [3.63, 3.8) is 0 Å². The molecule has 14 heavy (non-hydrogen) atoms. The molecule has 1 aliphatic heterocycles. The van der Waals surface area contributed by atoms with Gasteiger partial charge in [0.05, 0.1) is 6.61 Å². The lowest BCUT2D eigenvalue weighted by Crippen LogP contribution is -2.35. The quantitative estimate of drug-likeness (QED) is 0.709. The molecule has 0 bridgehead atoms. The molecule has 1 aliphatic rings. The summed E-state index contributed by atoms with van der Waals surface area (Å²) in [6.45, 7) is 4.43. The van der Waals surface area contributed by atoms with Gasteiger partial charge in [0.2, 0.25) is 10.0 Å². The summed E-state index contributed by atoms with van der Waals surface area (Å²) in [6.07, 6.45) is 0.967. The van der Waals surface area contributed by atoms with Crippen LogP contribution >= 0.6 is 15.9 Å². The van der Waals surface area contributed by atoms with E-state index < -0.39 is 10.0 Å². The standard InChI is InChI=1S/C8H16BrNO3S/c1-2-10(14(11,12)7-9)5-8-3-4-13-6-8/h8H,2-7H2,1H3. The maximum atomic E-state index is 11.6. The second-order valence-corrected chi connectivity index (χ2v) is 6.67. The van der Waals surface area contributed by atoms with E-state index in [1.165, 1.54) is 4.31 Å². The van der Waals surface area contributed by atoms with Crippen molar-refractivity contribution in [3.05, 3.63) is 0 Å². The Labute approximate surface area is 93.8 Å². The van der Waals surface area contributed by atoms with Crippen molar-refractivity contribution < 1.29 is 13.2 Å². The fourth-order valence-corrected chi connectivity index (χ4v) is 3.36. The van der Waals surface area contributed by atoms with Gasteiger partial charge in [-0.2, -0.15) is 0 Å². The Morgan fingerprint density at radius 3 is 2.71 bits per heavy atom. The van der Waals surface area contributed by atoms with Crippen LogP contribution in [0.4, 0.5) is 0 Å². The van der Waals surface area contributed by atoms with Crippen LogP contribution in [0.25, 0.3) is 0 Å². The highest BCUT2D eigenvalue weighted by atomic mass is 79.9. The summed E-state index contributed by atoms with van der Waals surface area (Å²) >= 11 is 3.00. The maximum Gasteiger partial charge on any atom is 0.224 e. The van der Waals surface area contributed by atoms with Crippen molar-refractivity contribution in [2.45, 2.75) is 13.3 Å². The largest absolute Gasteiger partial charge is 0.381 e. The molecule has 0 N–H and O–H groups in total. The molecule has 1 rings (SSSR count). The highest BCUT2D eigenvalue weighted by Crippen LogP contribution is 2.16. The van der Waals surface area contributed by atoms with E-state index >= 15 is 0 Å². The molecule has 0 amide bonds. The maximum absolute atomic E-state index is 11.6. The lowest BCUT2D eigenvalue weighted by Gasteiger charge is -2.21. The minimum atomic E-state index is -3.10. The molecule has 0 saturated carbocycles. The predicted octanol–water partition coefficient (Wildman–Crippen LogP) is 1.03. The van der Waals surface area contributed by atoms with Crippen molar-refractivity contribution in [1.82, 2.24) is 4.31 Å². The zero-order valence-electron chi connectivity index (χ0n) is 8.28. The third-order valence-corrected chi connectivity index (χ3v) is 5.58. The van der Waals surface area contributed by atoms with Crippen molar-refractivity contribution in [2.24, 2.45) is 5.92 Å². The second kappa shape index (κ2) is 5.44. The summed E-state index contributed by atoms with van der Waals surface area (Å²) in [7, 11) is -3.10. The molecule has 0 aromatic rings. The number of halogens is 1. The second-order valence-electron chi connectivity index (χ2n) is 3.40. The molecule has 1 unspecified atom stereocenters. The van der Waals surface area contributed by atoms with Gasteiger partial charge in [0, 0.05) is 19.7 Å². The minimum absolute atomic E-state index is 0.00141. The average Bonchev–Trinajstić information content (AvgIpc) is 2.66. The van der Waals surface area contributed by atoms with Gasteiger partial charge in [0.1, 0.15) is 4.66 Å². The van der Waals surface area contributed by atoms with Crippen LogP contribution in [0.2, 0.25) is 0 Å². The van der Waals surface area contributed by atoms with Crippen LogP contribution in [-0.4, -0.2) is 43.7 Å². The van der Waals surface area contributed by atoms with E-state index in [1.54, 1.807) is 0 Å². The van der Waals surface area contributed by atoms with Crippen LogP contribution in [0.1, 0.15) is 13.3 Å². The molecule has 0 spiro atoms. The number of sulfonamides is 1. The summed E-state index contributed by atoms with van der Waals surface area (Å²) < 4.78 is 29.8. The zero-order chi connectivity index (χ0) is 10.6. The Morgan fingerprint density at radius 1 is 1.57 bits per heavy atom. The topological polar surface area (TPSA) is 46.6 Å². The summed E-state index contributed by atoms with van der Waals surface area (Å²) in [5, 5.41) is 0. The van der Waals surface area contributed by atoms with Gasteiger partial charge in [0.15, 0.2) is 0 Å². The smallest absolute Gasteiger partial charge is 0.224 e. The first kappa shape index (κ1) is 12.4. The molecule has 0 radical (unpaired) electrons. The third-order valence-electron chi connectivity index (χ3n) is 2.37. The first-order valence-electron chi connectivity index (χ1n) is 4.71. The lowest BCUT2D eigenvalue weighted by molar-refractivity contribution is 0.181. The number of alkyl halides is 1. The first-order valence-corrected chi connectivity index (χ1v) is 7.44. The molecule has 4 nitrogen and oxygen atoms in total. The van der Waals surface area contributed by atoms with Crippen LogP contribution < -0.4 is 0 Å². The Hall–Kier alpha value is 0.350. The van der Waals surface area contributed by atoms with Crippen molar-refractivity contribution in [1.29, 1.82) is 0 Å². The van der Waals surface area contributed by atoms with Crippen LogP contribution in [0.15, 0.2) is 0 Å². The minimum Gasteiger partial charge on any atom is -0.381 e. The summed E-state index contributed by atoms with van der Waals surface area (Å²) in [5.74, 6) is 0.365. The number of hydrogen-bond donors (Lipinski definition) is 0. The number of rotatable bonds is 5. The predicted molar refractivity (Wildman–Crippen MR) is 58.9 cm³/mol. The van der Waals surface area contributed by atoms with Crippen LogP contribution in [-0.2, 0) is 14.8 Å². The molecule has 6 heteroatoms. The molecule has 84 valence electrons. The van der Waals surface area contributed by atoms with E-state index in [0.29, 0.717) is 25.6 Å². The Bertz CT molecular complexity index is 262. The third kappa shape index (κ3) is 3.18. The highest BCUT2D eigenvalue weighted by Gasteiger charge is 2.25. The van der Waals surface area contributed by atoms with E-state index in [2.05, 4.69) is 15.9 Å². The molecule has 1 atom stereocenters. The highest BCUT2D eigenvalue weighted by molar-refractivity contribution is 9.10. The molecule has 1 saturated heterocycles. The summed E-state index contributed by atoms with van der Waals surface area (Å²) in [6, 6.07) is 0. The number of nitrogens with zero attached hydrogens (tertiary/aromatic N) is 1. The van der Waals surface area contributed by atoms with E-state index in [-0.39, 0.29) is 4.66 Å². The molecule has 0 aliphatic carbocycles. The fraction of sp³-hybridized carbons (Fsp3) is 1.00. The van der Waals surface area contributed by atoms with Gasteiger partial charge < -0.3 is 4.74 Å². The van der Waals surface area contributed by atoms with E-state index in [0.717, 1.165) is 13.0 Å². The van der Waals surface area contributed by atoms with Gasteiger partial charge >= 0.3 is 0 Å². The molecule has 1 fully saturated rings.